The van der Waals surface area contributed by atoms with Gasteiger partial charge in [-0.2, -0.15) is 0 Å². The van der Waals surface area contributed by atoms with E-state index in [-0.39, 0.29) is 5.78 Å². The van der Waals surface area contributed by atoms with Crippen molar-refractivity contribution in [2.75, 3.05) is 19.0 Å². The van der Waals surface area contributed by atoms with Crippen LogP contribution in [0.5, 0.6) is 0 Å². The average Bonchev–Trinajstić information content (AvgIpc) is 2.57. The van der Waals surface area contributed by atoms with Gasteiger partial charge in [0.25, 0.3) is 11.7 Å². The first kappa shape index (κ1) is 18.8. The Morgan fingerprint density at radius 1 is 1.00 bits per heavy atom. The maximum Gasteiger partial charge on any atom is 0.331 e. The van der Waals surface area contributed by atoms with Crippen LogP contribution in [0.3, 0.4) is 0 Å². The zero-order valence-electron chi connectivity index (χ0n) is 13.0. The van der Waals surface area contributed by atoms with Crippen LogP contribution in [0, 0.1) is 0 Å². The van der Waals surface area contributed by atoms with E-state index in [1.54, 1.807) is 0 Å². The molecule has 1 amide bonds. The molecule has 8 nitrogen and oxygen atoms in total. The van der Waals surface area contributed by atoms with Crippen LogP contribution in [-0.2, 0) is 28.7 Å². The lowest BCUT2D eigenvalue weighted by atomic mass is 10.1. The van der Waals surface area contributed by atoms with Gasteiger partial charge in [0, 0.05) is 23.4 Å². The molecule has 0 fully saturated rings. The third-order valence-corrected chi connectivity index (χ3v) is 2.70. The van der Waals surface area contributed by atoms with E-state index in [0.717, 1.165) is 19.3 Å². The predicted molar refractivity (Wildman–Crippen MR) is 82.2 cm³/mol. The lowest BCUT2D eigenvalue weighted by Gasteiger charge is -2.05. The van der Waals surface area contributed by atoms with Gasteiger partial charge in [0.05, 0.1) is 7.11 Å². The zero-order valence-corrected chi connectivity index (χ0v) is 13.0. The number of rotatable bonds is 7. The van der Waals surface area contributed by atoms with Gasteiger partial charge >= 0.3 is 11.9 Å². The number of carbonyl (C=O) groups is 5. The van der Waals surface area contributed by atoms with Crippen LogP contribution >= 0.6 is 0 Å². The number of benzene rings is 1. The number of esters is 2. The molecule has 0 aromatic heterocycles. The Bertz CT molecular complexity index is 689. The van der Waals surface area contributed by atoms with Crippen molar-refractivity contribution in [2.24, 2.45) is 0 Å². The molecule has 0 radical (unpaired) electrons. The quantitative estimate of drug-likeness (QED) is 0.337. The Hall–Kier alpha value is -3.29. The van der Waals surface area contributed by atoms with Crippen molar-refractivity contribution in [2.45, 2.75) is 6.92 Å². The fraction of sp³-hybridized carbons (Fsp3) is 0.188. The van der Waals surface area contributed by atoms with E-state index >= 15 is 0 Å². The number of anilines is 1. The van der Waals surface area contributed by atoms with Crippen LogP contribution in [0.2, 0.25) is 0 Å². The second-order valence-corrected chi connectivity index (χ2v) is 4.48. The van der Waals surface area contributed by atoms with Gasteiger partial charge in [-0.1, -0.05) is 0 Å². The maximum atomic E-state index is 11.6. The van der Waals surface area contributed by atoms with Crippen LogP contribution in [0.15, 0.2) is 36.4 Å². The minimum Gasteiger partial charge on any atom is -0.466 e. The van der Waals surface area contributed by atoms with E-state index in [2.05, 4.69) is 14.8 Å². The van der Waals surface area contributed by atoms with E-state index in [1.165, 1.54) is 31.2 Å². The van der Waals surface area contributed by atoms with E-state index in [4.69, 9.17) is 0 Å². The third-order valence-electron chi connectivity index (χ3n) is 2.70. The van der Waals surface area contributed by atoms with Crippen molar-refractivity contribution < 1.29 is 33.4 Å². The standard InChI is InChI=1S/C16H15NO7/c1-10(18)11-3-5-12(6-4-11)17-16(22)13(19)9-24-15(21)8-7-14(20)23-2/h3-8H,9H2,1-2H3,(H,17,22)/b8-7+. The number of hydrogen-bond donors (Lipinski definition) is 1. The summed E-state index contributed by atoms with van der Waals surface area (Å²) in [5.74, 6) is -3.81. The molecule has 24 heavy (non-hydrogen) atoms. The van der Waals surface area contributed by atoms with Crippen LogP contribution in [0.1, 0.15) is 17.3 Å². The Kier molecular flexibility index (Phi) is 7.02. The Morgan fingerprint density at radius 3 is 2.12 bits per heavy atom. The molecule has 0 heterocycles. The largest absolute Gasteiger partial charge is 0.466 e. The summed E-state index contributed by atoms with van der Waals surface area (Å²) < 4.78 is 8.79. The van der Waals surface area contributed by atoms with Crippen LogP contribution in [0.25, 0.3) is 0 Å². The summed E-state index contributed by atoms with van der Waals surface area (Å²) in [4.78, 5) is 56.3. The molecule has 0 saturated heterocycles. The summed E-state index contributed by atoms with van der Waals surface area (Å²) in [6.45, 7) is 0.627. The predicted octanol–water partition coefficient (Wildman–Crippen LogP) is 0.669. The van der Waals surface area contributed by atoms with Gasteiger partial charge in [0.2, 0.25) is 0 Å². The van der Waals surface area contributed by atoms with Crippen molar-refractivity contribution in [1.82, 2.24) is 0 Å². The molecule has 0 unspecified atom stereocenters. The zero-order chi connectivity index (χ0) is 18.1. The molecule has 1 rings (SSSR count). The Morgan fingerprint density at radius 2 is 1.58 bits per heavy atom. The molecule has 1 N–H and O–H groups in total. The fourth-order valence-electron chi connectivity index (χ4n) is 1.44. The minimum absolute atomic E-state index is 0.129. The van der Waals surface area contributed by atoms with E-state index in [9.17, 15) is 24.0 Å². The highest BCUT2D eigenvalue weighted by Gasteiger charge is 2.16. The molecule has 0 saturated carbocycles. The van der Waals surface area contributed by atoms with Gasteiger partial charge in [0.1, 0.15) is 0 Å². The number of amides is 1. The molecule has 0 atom stereocenters. The number of nitrogens with one attached hydrogen (secondary N) is 1. The Balaban J connectivity index is 2.49. The molecule has 0 aliphatic rings. The molecule has 0 spiro atoms. The number of ketones is 2. The lowest BCUT2D eigenvalue weighted by Crippen LogP contribution is -2.27. The van der Waals surface area contributed by atoms with E-state index in [0.29, 0.717) is 11.3 Å². The van der Waals surface area contributed by atoms with Crippen molar-refractivity contribution in [3.8, 4) is 0 Å². The molecule has 1 aromatic carbocycles. The first-order chi connectivity index (χ1) is 11.3. The summed E-state index contributed by atoms with van der Waals surface area (Å²) in [6, 6.07) is 5.93. The van der Waals surface area contributed by atoms with Crippen LogP contribution in [0.4, 0.5) is 5.69 Å². The molecule has 0 aliphatic carbocycles. The van der Waals surface area contributed by atoms with Crippen molar-refractivity contribution in [3.63, 3.8) is 0 Å². The maximum absolute atomic E-state index is 11.6. The van der Waals surface area contributed by atoms with Gasteiger partial charge in [0.15, 0.2) is 12.4 Å². The van der Waals surface area contributed by atoms with Crippen molar-refractivity contribution in [3.05, 3.63) is 42.0 Å². The molecule has 1 aromatic rings. The van der Waals surface area contributed by atoms with E-state index in [1.807, 2.05) is 0 Å². The highest BCUT2D eigenvalue weighted by molar-refractivity contribution is 6.41. The second-order valence-electron chi connectivity index (χ2n) is 4.48. The minimum atomic E-state index is -0.981. The van der Waals surface area contributed by atoms with Gasteiger partial charge < -0.3 is 14.8 Å². The Labute approximate surface area is 137 Å². The number of ether oxygens (including phenoxy) is 2. The van der Waals surface area contributed by atoms with Crippen LogP contribution in [-0.4, -0.2) is 43.1 Å². The second kappa shape index (κ2) is 8.99. The molecule has 8 heteroatoms. The number of carbonyl (C=O) groups excluding carboxylic acids is 5. The van der Waals surface area contributed by atoms with E-state index < -0.39 is 30.2 Å². The van der Waals surface area contributed by atoms with Crippen molar-refractivity contribution in [1.29, 1.82) is 0 Å². The smallest absolute Gasteiger partial charge is 0.331 e. The van der Waals surface area contributed by atoms with Gasteiger partial charge in [-0.25, -0.2) is 9.59 Å². The number of hydrogen-bond acceptors (Lipinski definition) is 7. The summed E-state index contributed by atoms with van der Waals surface area (Å²) in [5, 5.41) is 2.31. The number of Topliss-reactive ketones (excluding diaryl/α,β-unsaturated/α-hetero) is 2. The average molecular weight is 333 g/mol. The summed E-state index contributed by atoms with van der Waals surface area (Å²) >= 11 is 0. The van der Waals surface area contributed by atoms with Gasteiger partial charge in [-0.3, -0.25) is 14.4 Å². The summed E-state index contributed by atoms with van der Waals surface area (Å²) in [7, 11) is 1.13. The fourth-order valence-corrected chi connectivity index (χ4v) is 1.44. The summed E-state index contributed by atoms with van der Waals surface area (Å²) in [5.41, 5.74) is 0.779. The highest BCUT2D eigenvalue weighted by atomic mass is 16.5. The lowest BCUT2D eigenvalue weighted by molar-refractivity contribution is -0.146. The summed E-state index contributed by atoms with van der Waals surface area (Å²) in [6.07, 6.45) is 1.60. The first-order valence-electron chi connectivity index (χ1n) is 6.71. The normalized spacial score (nSPS) is 10.1. The molecule has 0 aliphatic heterocycles. The highest BCUT2D eigenvalue weighted by Crippen LogP contribution is 2.10. The monoisotopic (exact) mass is 333 g/mol. The van der Waals surface area contributed by atoms with Gasteiger partial charge in [-0.05, 0) is 31.2 Å². The van der Waals surface area contributed by atoms with Crippen LogP contribution < -0.4 is 5.32 Å². The molecule has 0 bridgehead atoms. The first-order valence-corrected chi connectivity index (χ1v) is 6.71. The third kappa shape index (κ3) is 6.22. The number of methoxy groups -OCH3 is 1. The van der Waals surface area contributed by atoms with Crippen molar-refractivity contribution >= 4 is 35.1 Å². The molecular formula is C16H15NO7. The molecule has 126 valence electrons. The molecular weight excluding hydrogens is 318 g/mol. The SMILES string of the molecule is COC(=O)/C=C/C(=O)OCC(=O)C(=O)Nc1ccc(C(C)=O)cc1. The topological polar surface area (TPSA) is 116 Å². The van der Waals surface area contributed by atoms with Gasteiger partial charge in [-0.15, -0.1) is 0 Å².